The zero-order valence-corrected chi connectivity index (χ0v) is 15.3. The summed E-state index contributed by atoms with van der Waals surface area (Å²) in [7, 11) is 0. The number of hydrogen-bond donors (Lipinski definition) is 3. The van der Waals surface area contributed by atoms with Crippen molar-refractivity contribution in [3.63, 3.8) is 0 Å². The Labute approximate surface area is 156 Å². The van der Waals surface area contributed by atoms with Gasteiger partial charge in [0.25, 0.3) is 11.8 Å². The molecule has 1 unspecified atom stereocenters. The first-order chi connectivity index (χ1) is 12.9. The summed E-state index contributed by atoms with van der Waals surface area (Å²) in [6.45, 7) is 5.69. The lowest BCUT2D eigenvalue weighted by Gasteiger charge is -2.18. The number of hydrogen-bond acceptors (Lipinski definition) is 5. The van der Waals surface area contributed by atoms with E-state index in [1.54, 1.807) is 19.1 Å². The zero-order valence-electron chi connectivity index (χ0n) is 15.3. The molecule has 0 aliphatic heterocycles. The number of nitrogens with one attached hydrogen (secondary N) is 2. The molecule has 0 aliphatic rings. The summed E-state index contributed by atoms with van der Waals surface area (Å²) in [6, 6.07) is 9.98. The van der Waals surface area contributed by atoms with Crippen molar-refractivity contribution in [3.05, 3.63) is 59.4 Å². The summed E-state index contributed by atoms with van der Waals surface area (Å²) in [6.07, 6.45) is 0. The van der Waals surface area contributed by atoms with Gasteiger partial charge in [-0.15, -0.1) is 0 Å². The molecule has 0 radical (unpaired) electrons. The van der Waals surface area contributed by atoms with Crippen molar-refractivity contribution in [1.82, 2.24) is 30.3 Å². The maximum atomic E-state index is 12.8. The lowest BCUT2D eigenvalue weighted by atomic mass is 10.0. The number of carbonyl (C=O) groups excluding carboxylic acids is 2. The quantitative estimate of drug-likeness (QED) is 0.608. The second-order valence-electron chi connectivity index (χ2n) is 6.50. The maximum absolute atomic E-state index is 12.8. The Morgan fingerprint density at radius 2 is 1.93 bits per heavy atom. The highest BCUT2D eigenvalue weighted by molar-refractivity contribution is 5.97. The van der Waals surface area contributed by atoms with Gasteiger partial charge >= 0.3 is 0 Å². The van der Waals surface area contributed by atoms with E-state index in [2.05, 4.69) is 25.6 Å². The zero-order chi connectivity index (χ0) is 19.6. The fraction of sp³-hybridized carbons (Fsp3) is 0.278. The van der Waals surface area contributed by atoms with E-state index in [-0.39, 0.29) is 17.3 Å². The topological polar surface area (TPSA) is 132 Å². The summed E-state index contributed by atoms with van der Waals surface area (Å²) < 4.78 is 1.36. The molecular formula is C18H21N7O2. The van der Waals surface area contributed by atoms with Gasteiger partial charge in [-0.3, -0.25) is 14.7 Å². The number of H-pyrrole nitrogens is 1. The standard InChI is InChI=1S/C18H21N7O2/c1-10(2)15(17-20-11(3)22-23-17)21-18(27)13-9-14(16(19)26)25(24-13)12-7-5-4-6-8-12/h4-10,15H,1-3H3,(H2,19,26)(H,21,27)(H,20,22,23). The van der Waals surface area contributed by atoms with E-state index >= 15 is 0 Å². The molecule has 9 heteroatoms. The van der Waals surface area contributed by atoms with Crippen molar-refractivity contribution in [2.45, 2.75) is 26.8 Å². The number of amides is 2. The number of aromatic amines is 1. The Morgan fingerprint density at radius 3 is 2.48 bits per heavy atom. The molecule has 140 valence electrons. The van der Waals surface area contributed by atoms with Crippen molar-refractivity contribution < 1.29 is 9.59 Å². The molecule has 1 atom stereocenters. The molecule has 27 heavy (non-hydrogen) atoms. The maximum Gasteiger partial charge on any atom is 0.272 e. The molecule has 9 nitrogen and oxygen atoms in total. The number of rotatable bonds is 6. The fourth-order valence-electron chi connectivity index (χ4n) is 2.68. The van der Waals surface area contributed by atoms with E-state index in [0.717, 1.165) is 0 Å². The number of primary amides is 1. The number of nitrogens with two attached hydrogens (primary N) is 1. The third-order valence-corrected chi connectivity index (χ3v) is 4.04. The SMILES string of the molecule is Cc1nc(C(NC(=O)c2cc(C(N)=O)n(-c3ccccc3)n2)C(C)C)n[nH]1. The van der Waals surface area contributed by atoms with Gasteiger partial charge in [0, 0.05) is 6.07 Å². The van der Waals surface area contributed by atoms with Crippen LogP contribution in [-0.2, 0) is 0 Å². The smallest absolute Gasteiger partial charge is 0.272 e. The molecule has 1 aromatic carbocycles. The van der Waals surface area contributed by atoms with Gasteiger partial charge in [-0.05, 0) is 25.0 Å². The summed E-state index contributed by atoms with van der Waals surface area (Å²) in [5, 5.41) is 14.1. The van der Waals surface area contributed by atoms with Crippen molar-refractivity contribution >= 4 is 11.8 Å². The Bertz CT molecular complexity index is 959. The van der Waals surface area contributed by atoms with Gasteiger partial charge < -0.3 is 11.1 Å². The van der Waals surface area contributed by atoms with Crippen LogP contribution in [0.2, 0.25) is 0 Å². The first kappa shape index (κ1) is 18.3. The molecule has 0 aliphatic carbocycles. The Kier molecular flexibility index (Phi) is 5.02. The minimum Gasteiger partial charge on any atom is -0.364 e. The van der Waals surface area contributed by atoms with Crippen LogP contribution >= 0.6 is 0 Å². The summed E-state index contributed by atoms with van der Waals surface area (Å²) in [4.78, 5) is 28.8. The summed E-state index contributed by atoms with van der Waals surface area (Å²) in [5.74, 6) is 0.0995. The minimum atomic E-state index is -0.671. The highest BCUT2D eigenvalue weighted by atomic mass is 16.2. The number of aryl methyl sites for hydroxylation is 1. The van der Waals surface area contributed by atoms with Crippen molar-refractivity contribution in [3.8, 4) is 5.69 Å². The normalized spacial score (nSPS) is 12.1. The molecular weight excluding hydrogens is 346 g/mol. The lowest BCUT2D eigenvalue weighted by molar-refractivity contribution is 0.0917. The van der Waals surface area contributed by atoms with Crippen LogP contribution in [0, 0.1) is 12.8 Å². The van der Waals surface area contributed by atoms with Crippen molar-refractivity contribution in [2.24, 2.45) is 11.7 Å². The number of para-hydroxylation sites is 1. The molecule has 2 aromatic heterocycles. The van der Waals surface area contributed by atoms with Crippen molar-refractivity contribution in [1.29, 1.82) is 0 Å². The van der Waals surface area contributed by atoms with Crippen LogP contribution in [0.15, 0.2) is 36.4 Å². The lowest BCUT2D eigenvalue weighted by Crippen LogP contribution is -2.33. The first-order valence-corrected chi connectivity index (χ1v) is 8.52. The van der Waals surface area contributed by atoms with Crippen molar-refractivity contribution in [2.75, 3.05) is 0 Å². The largest absolute Gasteiger partial charge is 0.364 e. The molecule has 3 aromatic rings. The molecule has 3 rings (SSSR count). The van der Waals surface area contributed by atoms with Crippen LogP contribution in [0.25, 0.3) is 5.69 Å². The Morgan fingerprint density at radius 1 is 1.22 bits per heavy atom. The van der Waals surface area contributed by atoms with E-state index in [0.29, 0.717) is 17.3 Å². The number of carbonyl (C=O) groups is 2. The molecule has 0 bridgehead atoms. The van der Waals surface area contributed by atoms with Crippen LogP contribution in [0.3, 0.4) is 0 Å². The van der Waals surface area contributed by atoms with Gasteiger partial charge in [0.2, 0.25) is 0 Å². The predicted octanol–water partition coefficient (Wildman–Crippen LogP) is 1.52. The molecule has 0 saturated heterocycles. The third-order valence-electron chi connectivity index (χ3n) is 4.04. The van der Waals surface area contributed by atoms with Crippen LogP contribution in [0.4, 0.5) is 0 Å². The molecule has 4 N–H and O–H groups in total. The Balaban J connectivity index is 1.91. The second-order valence-corrected chi connectivity index (χ2v) is 6.50. The number of nitrogens with zero attached hydrogens (tertiary/aromatic N) is 4. The molecule has 0 saturated carbocycles. The van der Waals surface area contributed by atoms with Gasteiger partial charge in [-0.25, -0.2) is 9.67 Å². The predicted molar refractivity (Wildman–Crippen MR) is 98.2 cm³/mol. The molecule has 0 fully saturated rings. The monoisotopic (exact) mass is 367 g/mol. The summed E-state index contributed by atoms with van der Waals surface area (Å²) >= 11 is 0. The molecule has 2 heterocycles. The van der Waals surface area contributed by atoms with Gasteiger partial charge in [-0.2, -0.15) is 10.2 Å². The number of benzene rings is 1. The Hall–Kier alpha value is -3.49. The van der Waals surface area contributed by atoms with Gasteiger partial charge in [0.05, 0.1) is 11.7 Å². The third kappa shape index (κ3) is 3.86. The van der Waals surface area contributed by atoms with Crippen LogP contribution in [-0.4, -0.2) is 36.8 Å². The molecule has 2 amide bonds. The average Bonchev–Trinajstić information content (AvgIpc) is 3.26. The van der Waals surface area contributed by atoms with Gasteiger partial charge in [0.1, 0.15) is 11.5 Å². The van der Waals surface area contributed by atoms with E-state index < -0.39 is 17.9 Å². The minimum absolute atomic E-state index is 0.0518. The fourth-order valence-corrected chi connectivity index (χ4v) is 2.68. The highest BCUT2D eigenvalue weighted by Crippen LogP contribution is 2.19. The summed E-state index contributed by atoms with van der Waals surface area (Å²) in [5.41, 5.74) is 6.30. The highest BCUT2D eigenvalue weighted by Gasteiger charge is 2.25. The van der Waals surface area contributed by atoms with E-state index in [9.17, 15) is 9.59 Å². The van der Waals surface area contributed by atoms with Crippen LogP contribution in [0.5, 0.6) is 0 Å². The van der Waals surface area contributed by atoms with E-state index in [4.69, 9.17) is 5.73 Å². The first-order valence-electron chi connectivity index (χ1n) is 8.52. The van der Waals surface area contributed by atoms with Gasteiger partial charge in [-0.1, -0.05) is 32.0 Å². The number of aromatic nitrogens is 5. The van der Waals surface area contributed by atoms with E-state index in [1.807, 2.05) is 32.0 Å². The molecule has 0 spiro atoms. The van der Waals surface area contributed by atoms with Crippen LogP contribution < -0.4 is 11.1 Å². The van der Waals surface area contributed by atoms with E-state index in [1.165, 1.54) is 10.7 Å². The average molecular weight is 367 g/mol. The van der Waals surface area contributed by atoms with Crippen LogP contribution in [0.1, 0.15) is 52.5 Å². The van der Waals surface area contributed by atoms with Gasteiger partial charge in [0.15, 0.2) is 11.5 Å². The second kappa shape index (κ2) is 7.40.